The van der Waals surface area contributed by atoms with Crippen LogP contribution in [-0.4, -0.2) is 142 Å². The van der Waals surface area contributed by atoms with Gasteiger partial charge in [-0.05, 0) is 110 Å². The van der Waals surface area contributed by atoms with Gasteiger partial charge in [0, 0.05) is 77.8 Å². The number of ketones is 2. The lowest BCUT2D eigenvalue weighted by molar-refractivity contribution is -0.121. The summed E-state index contributed by atoms with van der Waals surface area (Å²) in [4.78, 5) is 51.4. The maximum Gasteiger partial charge on any atom is 0.234 e. The van der Waals surface area contributed by atoms with Crippen molar-refractivity contribution in [2.45, 2.75) is 151 Å². The number of nitrogens with one attached hydrogen (secondary N) is 8. The number of amides is 3. The Morgan fingerprint density at radius 3 is 0.984 bits per heavy atom. The van der Waals surface area contributed by atoms with Crippen molar-refractivity contribution in [2.75, 3.05) is 95.8 Å². The van der Waals surface area contributed by atoms with Crippen molar-refractivity contribution in [2.24, 2.45) is 0 Å². The molecule has 1 saturated carbocycles. The zero-order chi connectivity index (χ0) is 43.3. The largest absolute Gasteiger partial charge is 0.356 e. The molecule has 0 aromatic carbocycles. The molecule has 19 heteroatoms. The van der Waals surface area contributed by atoms with Gasteiger partial charge in [-0.15, -0.1) is 0 Å². The van der Waals surface area contributed by atoms with Crippen LogP contribution in [-0.2, 0) is 43.8 Å². The van der Waals surface area contributed by atoms with Gasteiger partial charge in [-0.2, -0.15) is 0 Å². The van der Waals surface area contributed by atoms with Crippen LogP contribution in [0.1, 0.15) is 151 Å². The van der Waals surface area contributed by atoms with E-state index in [1.54, 1.807) is 0 Å². The number of rotatable bonds is 0. The van der Waals surface area contributed by atoms with Crippen molar-refractivity contribution in [3.05, 3.63) is 0 Å². The number of sulfone groups is 1. The zero-order valence-electron chi connectivity index (χ0n) is 35.7. The number of carbonyl (C=O) groups is 5. The van der Waals surface area contributed by atoms with Crippen LogP contribution in [0, 0.1) is 0 Å². The molecule has 3 amide bonds. The lowest BCUT2D eigenvalue weighted by Gasteiger charge is -2.11. The van der Waals surface area contributed by atoms with E-state index in [-0.39, 0.29) is 40.0 Å². The summed E-state index contributed by atoms with van der Waals surface area (Å²) in [6.45, 7) is 11.5. The Balaban J connectivity index is -0.000000629. The second kappa shape index (κ2) is 42.4. The number of hydrogen-bond donors (Lipinski definition) is 8. The second-order valence-electron chi connectivity index (χ2n) is 15.4. The van der Waals surface area contributed by atoms with Gasteiger partial charge in [0.25, 0.3) is 0 Å². The van der Waals surface area contributed by atoms with Gasteiger partial charge in [-0.1, -0.05) is 35.1 Å². The lowest BCUT2D eigenvalue weighted by atomic mass is 10.2. The molecular formula is C43H90N8O9S2. The Hall–Kier alpha value is -2.55. The van der Waals surface area contributed by atoms with Crippen LogP contribution in [0.3, 0.4) is 0 Å². The van der Waals surface area contributed by atoms with Crippen LogP contribution in [0.25, 0.3) is 0 Å². The molecule has 8 heterocycles. The molecule has 0 spiro atoms. The molecule has 62 heavy (non-hydrogen) atoms. The number of sulfonamides is 1. The van der Waals surface area contributed by atoms with Crippen molar-refractivity contribution in [1.82, 2.24) is 41.9 Å². The SMILES string of the molecule is C.C.C.C1CCNCC1.C1CCNCC1.O=C1CCCC1.O=C1CCCN1.O=C1CCCN1.O=C1CCCNCC1.O=C1CNCCN1.O=S1(=O)CCCC1.O=S1(=O)CCCN1. The number of carbonyl (C=O) groups excluding carboxylic acids is 5. The van der Waals surface area contributed by atoms with Gasteiger partial charge in [-0.25, -0.2) is 21.6 Å². The second-order valence-corrected chi connectivity index (χ2v) is 19.6. The summed E-state index contributed by atoms with van der Waals surface area (Å²) >= 11 is 0. The minimum Gasteiger partial charge on any atom is -0.356 e. The smallest absolute Gasteiger partial charge is 0.234 e. The van der Waals surface area contributed by atoms with E-state index < -0.39 is 19.9 Å². The van der Waals surface area contributed by atoms with Crippen molar-refractivity contribution in [3.8, 4) is 0 Å². The lowest BCUT2D eigenvalue weighted by Crippen LogP contribution is -2.44. The van der Waals surface area contributed by atoms with E-state index in [2.05, 4.69) is 41.9 Å². The summed E-state index contributed by atoms with van der Waals surface area (Å²) in [5, 5.41) is 20.7. The summed E-state index contributed by atoms with van der Waals surface area (Å²) in [5.41, 5.74) is 0. The molecule has 0 unspecified atom stereocenters. The summed E-state index contributed by atoms with van der Waals surface area (Å²) < 4.78 is 43.9. The highest BCUT2D eigenvalue weighted by atomic mass is 32.2. The van der Waals surface area contributed by atoms with Gasteiger partial charge in [-0.3, -0.25) is 24.0 Å². The van der Waals surface area contributed by atoms with Crippen LogP contribution in [0.5, 0.6) is 0 Å². The molecule has 9 aliphatic rings. The minimum absolute atomic E-state index is 0. The van der Waals surface area contributed by atoms with E-state index in [0.717, 1.165) is 129 Å². The monoisotopic (exact) mass is 927 g/mol. The fraction of sp³-hybridized carbons (Fsp3) is 0.884. The molecule has 17 nitrogen and oxygen atoms in total. The third-order valence-electron chi connectivity index (χ3n) is 9.75. The average Bonchev–Trinajstić information content (AvgIpc) is 4.12. The molecule has 1 aliphatic carbocycles. The molecule has 8 aliphatic heterocycles. The highest BCUT2D eigenvalue weighted by Gasteiger charge is 2.16. The Labute approximate surface area is 377 Å². The van der Waals surface area contributed by atoms with E-state index >= 15 is 0 Å². The minimum atomic E-state index is -2.80. The molecule has 368 valence electrons. The molecule has 0 atom stereocenters. The first-order valence-electron chi connectivity index (χ1n) is 22.2. The van der Waals surface area contributed by atoms with Crippen LogP contribution in [0.15, 0.2) is 0 Å². The Bertz CT molecular complexity index is 1190. The first-order chi connectivity index (χ1) is 28.4. The summed E-state index contributed by atoms with van der Waals surface area (Å²) in [7, 11) is -5.34. The van der Waals surface area contributed by atoms with E-state index in [9.17, 15) is 40.8 Å². The van der Waals surface area contributed by atoms with Crippen molar-refractivity contribution >= 4 is 49.1 Å². The highest BCUT2D eigenvalue weighted by molar-refractivity contribution is 7.91. The number of hydrogen-bond acceptors (Lipinski definition) is 13. The number of Topliss-reactive ketones (excluding diaryl/α,β-unsaturated/α-hetero) is 2. The standard InChI is InChI=1S/C6H11NO.2C5H11N.C5H8O.C4H8N2O.2C4H7NO.C4H8O2S.C3H7NO2S.3CH4/c8-6-2-1-4-7-5-3-6;2*1-2-4-6-5-3-1;6-5-3-1-2-4-5;7-4-3-5-1-2-6-4;2*6-4-2-1-3-5-4;2*5-7(6)3-1-2-4-7;;;/h7H,1-5H2;2*6H,1-5H2;1-4H2;5H,1-3H2,(H,6,7);2*1-3H2,(H,5,6);1-4H2;4H,1-3H2;3*1H4. The molecule has 8 saturated heterocycles. The van der Waals surface area contributed by atoms with Crippen molar-refractivity contribution < 1.29 is 40.8 Å². The van der Waals surface area contributed by atoms with Gasteiger partial charge >= 0.3 is 0 Å². The van der Waals surface area contributed by atoms with Gasteiger partial charge in [0.05, 0.1) is 23.8 Å². The molecule has 8 N–H and O–H groups in total. The highest BCUT2D eigenvalue weighted by Crippen LogP contribution is 2.11. The van der Waals surface area contributed by atoms with Crippen molar-refractivity contribution in [1.29, 1.82) is 0 Å². The van der Waals surface area contributed by atoms with E-state index in [1.807, 2.05) is 0 Å². The van der Waals surface area contributed by atoms with E-state index in [0.29, 0.717) is 41.9 Å². The molecule has 0 aromatic rings. The normalized spacial score (nSPS) is 22.5. The first kappa shape index (κ1) is 63.7. The Morgan fingerprint density at radius 1 is 0.323 bits per heavy atom. The predicted molar refractivity (Wildman–Crippen MR) is 253 cm³/mol. The number of piperazine rings is 1. The summed E-state index contributed by atoms with van der Waals surface area (Å²) in [5.74, 6) is 2.54. The summed E-state index contributed by atoms with van der Waals surface area (Å²) in [6, 6.07) is 0. The quantitative estimate of drug-likeness (QED) is 0.174. The third-order valence-corrected chi connectivity index (χ3v) is 13.0. The number of piperidine rings is 2. The fourth-order valence-corrected chi connectivity index (χ4v) is 8.87. The molecule has 0 aromatic heterocycles. The first-order valence-corrected chi connectivity index (χ1v) is 25.7. The maximum atomic E-state index is 10.6. The molecular weight excluding hydrogens is 837 g/mol. The van der Waals surface area contributed by atoms with Crippen LogP contribution in [0.2, 0.25) is 0 Å². The van der Waals surface area contributed by atoms with Gasteiger partial charge in [0.15, 0.2) is 0 Å². The fourth-order valence-electron chi connectivity index (χ4n) is 6.25. The van der Waals surface area contributed by atoms with Crippen LogP contribution >= 0.6 is 0 Å². The topological polar surface area (TPSA) is 250 Å². The van der Waals surface area contributed by atoms with Crippen LogP contribution < -0.4 is 41.9 Å². The Kier molecular flexibility index (Phi) is 43.6. The van der Waals surface area contributed by atoms with Crippen LogP contribution in [0.4, 0.5) is 0 Å². The molecule has 0 bridgehead atoms. The zero-order valence-corrected chi connectivity index (χ0v) is 37.4. The van der Waals surface area contributed by atoms with Gasteiger partial charge in [0.1, 0.15) is 21.4 Å². The van der Waals surface area contributed by atoms with E-state index in [1.165, 1.54) is 64.7 Å². The predicted octanol–water partition coefficient (Wildman–Crippen LogP) is 2.89. The molecule has 9 rings (SSSR count). The third kappa shape index (κ3) is 42.7. The Morgan fingerprint density at radius 2 is 0.758 bits per heavy atom. The van der Waals surface area contributed by atoms with Gasteiger partial charge in [0.2, 0.25) is 27.7 Å². The average molecular weight is 927 g/mol. The maximum absolute atomic E-state index is 10.6. The molecule has 0 radical (unpaired) electrons. The molecule has 9 fully saturated rings. The van der Waals surface area contributed by atoms with Gasteiger partial charge < -0.3 is 37.2 Å². The van der Waals surface area contributed by atoms with E-state index in [4.69, 9.17) is 0 Å². The van der Waals surface area contributed by atoms with Crippen molar-refractivity contribution in [3.63, 3.8) is 0 Å². The summed E-state index contributed by atoms with van der Waals surface area (Å²) in [6.07, 6.45) is 21.0.